The van der Waals surface area contributed by atoms with Gasteiger partial charge in [0.25, 0.3) is 5.69 Å². The van der Waals surface area contributed by atoms with E-state index in [2.05, 4.69) is 10.3 Å². The first-order valence-electron chi connectivity index (χ1n) is 5.24. The summed E-state index contributed by atoms with van der Waals surface area (Å²) in [7, 11) is 0. The van der Waals surface area contributed by atoms with Gasteiger partial charge in [-0.1, -0.05) is 17.7 Å². The molecule has 0 amide bonds. The van der Waals surface area contributed by atoms with E-state index in [0.29, 0.717) is 6.54 Å². The van der Waals surface area contributed by atoms with E-state index in [-0.39, 0.29) is 10.7 Å². The average molecular weight is 264 g/mol. The molecule has 0 aliphatic heterocycles. The summed E-state index contributed by atoms with van der Waals surface area (Å²) in [6.45, 7) is 0.537. The number of hydrogen-bond donors (Lipinski definition) is 1. The van der Waals surface area contributed by atoms with Gasteiger partial charge in [0.15, 0.2) is 0 Å². The zero-order chi connectivity index (χ0) is 13.0. The Labute approximate surface area is 109 Å². The van der Waals surface area contributed by atoms with E-state index in [0.717, 1.165) is 11.4 Å². The number of benzene rings is 1. The highest BCUT2D eigenvalue weighted by Gasteiger charge is 2.11. The van der Waals surface area contributed by atoms with Gasteiger partial charge in [-0.2, -0.15) is 0 Å². The summed E-state index contributed by atoms with van der Waals surface area (Å²) in [6.07, 6.45) is 1.71. The molecule has 2 rings (SSSR count). The molecule has 0 atom stereocenters. The maximum Gasteiger partial charge on any atom is 0.288 e. The minimum absolute atomic E-state index is 0.0972. The summed E-state index contributed by atoms with van der Waals surface area (Å²) in [6, 6.07) is 10.2. The Morgan fingerprint density at radius 3 is 2.78 bits per heavy atom. The zero-order valence-corrected chi connectivity index (χ0v) is 10.1. The first kappa shape index (κ1) is 12.3. The van der Waals surface area contributed by atoms with Crippen LogP contribution >= 0.6 is 11.6 Å². The van der Waals surface area contributed by atoms with Gasteiger partial charge in [0, 0.05) is 18.0 Å². The standard InChI is InChI=1S/C12H10ClN3O2/c13-11-7-9(4-5-12(11)16(17)18)15-8-10-3-1-2-6-14-10/h1-7,15H,8H2. The summed E-state index contributed by atoms with van der Waals surface area (Å²) in [4.78, 5) is 14.3. The molecule has 0 aliphatic carbocycles. The number of halogens is 1. The molecule has 5 nitrogen and oxygen atoms in total. The second kappa shape index (κ2) is 5.46. The molecule has 0 fully saturated rings. The first-order chi connectivity index (χ1) is 8.66. The molecular weight excluding hydrogens is 254 g/mol. The molecule has 1 N–H and O–H groups in total. The van der Waals surface area contributed by atoms with Crippen molar-refractivity contribution in [3.05, 3.63) is 63.4 Å². The van der Waals surface area contributed by atoms with E-state index < -0.39 is 4.92 Å². The van der Waals surface area contributed by atoms with Gasteiger partial charge in [0.2, 0.25) is 0 Å². The van der Waals surface area contributed by atoms with E-state index in [1.54, 1.807) is 12.3 Å². The van der Waals surface area contributed by atoms with Gasteiger partial charge < -0.3 is 5.32 Å². The van der Waals surface area contributed by atoms with Crippen LogP contribution in [-0.2, 0) is 6.54 Å². The normalized spacial score (nSPS) is 10.1. The van der Waals surface area contributed by atoms with Gasteiger partial charge >= 0.3 is 0 Å². The Kier molecular flexibility index (Phi) is 3.74. The van der Waals surface area contributed by atoms with Crippen molar-refractivity contribution in [2.24, 2.45) is 0 Å². The van der Waals surface area contributed by atoms with Crippen LogP contribution in [-0.4, -0.2) is 9.91 Å². The number of aromatic nitrogens is 1. The van der Waals surface area contributed by atoms with Gasteiger partial charge in [0.05, 0.1) is 17.2 Å². The molecule has 1 aromatic carbocycles. The van der Waals surface area contributed by atoms with Crippen LogP contribution in [0.15, 0.2) is 42.6 Å². The minimum atomic E-state index is -0.509. The summed E-state index contributed by atoms with van der Waals surface area (Å²) in [5.74, 6) is 0. The Balaban J connectivity index is 2.07. The lowest BCUT2D eigenvalue weighted by Gasteiger charge is -2.06. The first-order valence-corrected chi connectivity index (χ1v) is 5.62. The Bertz CT molecular complexity index is 561. The van der Waals surface area contributed by atoms with Crippen molar-refractivity contribution in [1.29, 1.82) is 0 Å². The summed E-state index contributed by atoms with van der Waals surface area (Å²) in [5.41, 5.74) is 1.50. The molecule has 0 radical (unpaired) electrons. The maximum atomic E-state index is 10.6. The van der Waals surface area contributed by atoms with E-state index >= 15 is 0 Å². The van der Waals surface area contributed by atoms with Gasteiger partial charge in [-0.15, -0.1) is 0 Å². The van der Waals surface area contributed by atoms with E-state index in [1.165, 1.54) is 12.1 Å². The lowest BCUT2D eigenvalue weighted by atomic mass is 10.2. The monoisotopic (exact) mass is 263 g/mol. The van der Waals surface area contributed by atoms with Gasteiger partial charge in [-0.3, -0.25) is 15.1 Å². The topological polar surface area (TPSA) is 68.1 Å². The number of nitrogens with zero attached hydrogens (tertiary/aromatic N) is 2. The van der Waals surface area contributed by atoms with Crippen molar-refractivity contribution in [1.82, 2.24) is 4.98 Å². The third-order valence-electron chi connectivity index (χ3n) is 2.34. The predicted octanol–water partition coefficient (Wildman–Crippen LogP) is 3.26. The molecule has 2 aromatic rings. The molecule has 1 aromatic heterocycles. The number of nitro groups is 1. The minimum Gasteiger partial charge on any atom is -0.379 e. The number of anilines is 1. The molecular formula is C12H10ClN3O2. The lowest BCUT2D eigenvalue weighted by Crippen LogP contribution is -2.01. The quantitative estimate of drug-likeness (QED) is 0.679. The van der Waals surface area contributed by atoms with E-state index in [9.17, 15) is 10.1 Å². The molecule has 18 heavy (non-hydrogen) atoms. The molecule has 0 bridgehead atoms. The molecule has 0 saturated heterocycles. The number of nitrogens with one attached hydrogen (secondary N) is 1. The molecule has 0 spiro atoms. The summed E-state index contributed by atoms with van der Waals surface area (Å²) in [5, 5.41) is 13.8. The zero-order valence-electron chi connectivity index (χ0n) is 9.34. The summed E-state index contributed by atoms with van der Waals surface area (Å²) >= 11 is 5.81. The number of nitro benzene ring substituents is 1. The van der Waals surface area contributed by atoms with Crippen LogP contribution in [0.1, 0.15) is 5.69 Å². The maximum absolute atomic E-state index is 10.6. The molecule has 92 valence electrons. The second-order valence-corrected chi connectivity index (χ2v) is 4.01. The van der Waals surface area contributed by atoms with Gasteiger partial charge in [-0.05, 0) is 24.3 Å². The van der Waals surface area contributed by atoms with Crippen LogP contribution in [0.3, 0.4) is 0 Å². The molecule has 0 saturated carbocycles. The van der Waals surface area contributed by atoms with E-state index in [4.69, 9.17) is 11.6 Å². The van der Waals surface area contributed by atoms with Crippen molar-refractivity contribution in [2.75, 3.05) is 5.32 Å². The molecule has 0 aliphatic rings. The SMILES string of the molecule is O=[N+]([O-])c1ccc(NCc2ccccn2)cc1Cl. The van der Waals surface area contributed by atoms with Gasteiger partial charge in [0.1, 0.15) is 5.02 Å². The Hall–Kier alpha value is -2.14. The van der Waals surface area contributed by atoms with Crippen LogP contribution in [0.2, 0.25) is 5.02 Å². The van der Waals surface area contributed by atoms with Crippen LogP contribution in [0.4, 0.5) is 11.4 Å². The average Bonchev–Trinajstić information content (AvgIpc) is 2.37. The number of rotatable bonds is 4. The van der Waals surface area contributed by atoms with Crippen molar-refractivity contribution in [3.8, 4) is 0 Å². The highest BCUT2D eigenvalue weighted by atomic mass is 35.5. The van der Waals surface area contributed by atoms with Crippen LogP contribution in [0, 0.1) is 10.1 Å². The fourth-order valence-corrected chi connectivity index (χ4v) is 1.71. The smallest absolute Gasteiger partial charge is 0.288 e. The van der Waals surface area contributed by atoms with Crippen LogP contribution in [0.25, 0.3) is 0 Å². The van der Waals surface area contributed by atoms with Gasteiger partial charge in [-0.25, -0.2) is 0 Å². The molecule has 0 unspecified atom stereocenters. The second-order valence-electron chi connectivity index (χ2n) is 3.60. The largest absolute Gasteiger partial charge is 0.379 e. The van der Waals surface area contributed by atoms with E-state index in [1.807, 2.05) is 18.2 Å². The van der Waals surface area contributed by atoms with Crippen LogP contribution in [0.5, 0.6) is 0 Å². The third kappa shape index (κ3) is 2.95. The highest BCUT2D eigenvalue weighted by Crippen LogP contribution is 2.27. The molecule has 1 heterocycles. The van der Waals surface area contributed by atoms with Crippen molar-refractivity contribution < 1.29 is 4.92 Å². The lowest BCUT2D eigenvalue weighted by molar-refractivity contribution is -0.384. The Morgan fingerprint density at radius 1 is 1.33 bits per heavy atom. The highest BCUT2D eigenvalue weighted by molar-refractivity contribution is 6.32. The van der Waals surface area contributed by atoms with Crippen molar-refractivity contribution >= 4 is 23.0 Å². The third-order valence-corrected chi connectivity index (χ3v) is 2.65. The van der Waals surface area contributed by atoms with Crippen molar-refractivity contribution in [2.45, 2.75) is 6.54 Å². The predicted molar refractivity (Wildman–Crippen MR) is 69.7 cm³/mol. The van der Waals surface area contributed by atoms with Crippen molar-refractivity contribution in [3.63, 3.8) is 0 Å². The Morgan fingerprint density at radius 2 is 2.17 bits per heavy atom. The molecule has 6 heteroatoms. The van der Waals surface area contributed by atoms with Crippen LogP contribution < -0.4 is 5.32 Å². The number of hydrogen-bond acceptors (Lipinski definition) is 4. The fraction of sp³-hybridized carbons (Fsp3) is 0.0833. The number of pyridine rings is 1. The fourth-order valence-electron chi connectivity index (χ4n) is 1.46. The summed E-state index contributed by atoms with van der Waals surface area (Å²) < 4.78 is 0.